The molecule has 5 rings (SSSR count). The number of carbonyl (C=O) groups is 1. The second-order valence-corrected chi connectivity index (χ2v) is 9.94. The Kier molecular flexibility index (Phi) is 4.91. The van der Waals surface area contributed by atoms with E-state index < -0.39 is 0 Å². The van der Waals surface area contributed by atoms with Gasteiger partial charge in [-0.25, -0.2) is 9.97 Å². The van der Waals surface area contributed by atoms with E-state index >= 15 is 0 Å². The molecule has 0 radical (unpaired) electrons. The highest BCUT2D eigenvalue weighted by Gasteiger charge is 2.19. The van der Waals surface area contributed by atoms with Crippen molar-refractivity contribution >= 4 is 34.2 Å². The SMILES string of the molecule is Cc1ccc(-c2cc(C(=O)N[C@@H](C)c3ncn[nH]3)cn3c(-c4ccc(C)s4)cnc23)s1. The van der Waals surface area contributed by atoms with Crippen LogP contribution in [-0.2, 0) is 0 Å². The minimum Gasteiger partial charge on any atom is -0.342 e. The molecule has 7 nitrogen and oxygen atoms in total. The molecule has 0 aliphatic rings. The molecule has 0 saturated heterocycles. The summed E-state index contributed by atoms with van der Waals surface area (Å²) in [4.78, 5) is 26.6. The van der Waals surface area contributed by atoms with Gasteiger partial charge < -0.3 is 5.32 Å². The topological polar surface area (TPSA) is 88.0 Å². The Labute approximate surface area is 186 Å². The summed E-state index contributed by atoms with van der Waals surface area (Å²) in [5.74, 6) is 0.434. The lowest BCUT2D eigenvalue weighted by Gasteiger charge is -2.13. The number of pyridine rings is 1. The highest BCUT2D eigenvalue weighted by Crippen LogP contribution is 2.35. The molecule has 0 saturated carbocycles. The van der Waals surface area contributed by atoms with Crippen molar-refractivity contribution in [3.05, 3.63) is 70.2 Å². The molecule has 2 N–H and O–H groups in total. The Morgan fingerprint density at radius 3 is 2.48 bits per heavy atom. The monoisotopic (exact) mass is 448 g/mol. The first-order chi connectivity index (χ1) is 15.0. The Balaban J connectivity index is 1.63. The van der Waals surface area contributed by atoms with Gasteiger partial charge in [-0.15, -0.1) is 22.7 Å². The van der Waals surface area contributed by atoms with E-state index in [9.17, 15) is 4.79 Å². The molecule has 0 fully saturated rings. The number of H-pyrrole nitrogens is 1. The van der Waals surface area contributed by atoms with Gasteiger partial charge in [-0.1, -0.05) is 0 Å². The second-order valence-electron chi connectivity index (χ2n) is 7.37. The van der Waals surface area contributed by atoms with Crippen LogP contribution in [0.3, 0.4) is 0 Å². The molecule has 156 valence electrons. The molecule has 1 amide bonds. The number of hydrogen-bond donors (Lipinski definition) is 2. The first-order valence-corrected chi connectivity index (χ1v) is 11.4. The predicted octanol–water partition coefficient (Wildman–Crippen LogP) is 5.02. The van der Waals surface area contributed by atoms with Crippen LogP contribution in [0.5, 0.6) is 0 Å². The van der Waals surface area contributed by atoms with Gasteiger partial charge in [0.05, 0.1) is 28.4 Å². The molecule has 5 aromatic heterocycles. The van der Waals surface area contributed by atoms with Gasteiger partial charge in [0.25, 0.3) is 5.91 Å². The van der Waals surface area contributed by atoms with Gasteiger partial charge in [-0.2, -0.15) is 5.10 Å². The average molecular weight is 449 g/mol. The van der Waals surface area contributed by atoms with E-state index in [0.29, 0.717) is 11.4 Å². The van der Waals surface area contributed by atoms with Gasteiger partial charge in [-0.05, 0) is 51.1 Å². The number of carbonyl (C=O) groups excluding carboxylic acids is 1. The lowest BCUT2D eigenvalue weighted by molar-refractivity contribution is 0.0938. The van der Waals surface area contributed by atoms with Crippen molar-refractivity contribution in [3.63, 3.8) is 0 Å². The highest BCUT2D eigenvalue weighted by atomic mass is 32.1. The molecular formula is C22H20N6OS2. The van der Waals surface area contributed by atoms with Crippen LogP contribution in [0.25, 0.3) is 26.7 Å². The quantitative estimate of drug-likeness (QED) is 0.395. The molecule has 5 aromatic rings. The zero-order valence-electron chi connectivity index (χ0n) is 17.2. The van der Waals surface area contributed by atoms with Gasteiger partial charge in [0.2, 0.25) is 0 Å². The summed E-state index contributed by atoms with van der Waals surface area (Å²) in [6.07, 6.45) is 5.17. The minimum absolute atomic E-state index is 0.178. The van der Waals surface area contributed by atoms with Crippen LogP contribution >= 0.6 is 22.7 Å². The lowest BCUT2D eigenvalue weighted by atomic mass is 10.1. The van der Waals surface area contributed by atoms with E-state index in [1.165, 1.54) is 16.1 Å². The molecular weight excluding hydrogens is 428 g/mol. The molecule has 31 heavy (non-hydrogen) atoms. The molecule has 0 unspecified atom stereocenters. The minimum atomic E-state index is -0.291. The molecule has 0 aliphatic heterocycles. The third-order valence-electron chi connectivity index (χ3n) is 5.06. The van der Waals surface area contributed by atoms with Crippen molar-refractivity contribution in [1.82, 2.24) is 29.9 Å². The fourth-order valence-corrected chi connectivity index (χ4v) is 5.25. The number of aromatic amines is 1. The molecule has 0 spiro atoms. The predicted molar refractivity (Wildman–Crippen MR) is 124 cm³/mol. The molecule has 5 heterocycles. The molecule has 9 heteroatoms. The average Bonchev–Trinajstić information content (AvgIpc) is 3.54. The third kappa shape index (κ3) is 3.66. The van der Waals surface area contributed by atoms with Gasteiger partial charge >= 0.3 is 0 Å². The van der Waals surface area contributed by atoms with Gasteiger partial charge in [0.1, 0.15) is 17.8 Å². The number of nitrogens with one attached hydrogen (secondary N) is 2. The number of aryl methyl sites for hydroxylation is 2. The summed E-state index contributed by atoms with van der Waals surface area (Å²) in [5.41, 5.74) is 3.31. The van der Waals surface area contributed by atoms with Crippen LogP contribution in [0.2, 0.25) is 0 Å². The van der Waals surface area contributed by atoms with Crippen LogP contribution in [0, 0.1) is 13.8 Å². The fraction of sp³-hybridized carbons (Fsp3) is 0.182. The summed E-state index contributed by atoms with van der Waals surface area (Å²) < 4.78 is 2.02. The fourth-order valence-electron chi connectivity index (χ4n) is 3.50. The van der Waals surface area contributed by atoms with E-state index in [0.717, 1.165) is 26.7 Å². The van der Waals surface area contributed by atoms with E-state index in [1.54, 1.807) is 22.7 Å². The second kappa shape index (κ2) is 7.75. The molecule has 0 bridgehead atoms. The summed E-state index contributed by atoms with van der Waals surface area (Å²) in [5, 5.41) is 9.67. The van der Waals surface area contributed by atoms with Crippen LogP contribution in [-0.4, -0.2) is 30.5 Å². The van der Waals surface area contributed by atoms with E-state index in [2.05, 4.69) is 58.6 Å². The zero-order valence-corrected chi connectivity index (χ0v) is 18.8. The van der Waals surface area contributed by atoms with Gasteiger partial charge in [0.15, 0.2) is 0 Å². The van der Waals surface area contributed by atoms with Gasteiger partial charge in [-0.3, -0.25) is 14.3 Å². The third-order valence-corrected chi connectivity index (χ3v) is 7.12. The van der Waals surface area contributed by atoms with Crippen LogP contribution < -0.4 is 5.32 Å². The van der Waals surface area contributed by atoms with Crippen LogP contribution in [0.4, 0.5) is 0 Å². The summed E-state index contributed by atoms with van der Waals surface area (Å²) in [6.45, 7) is 6.03. The first-order valence-electron chi connectivity index (χ1n) is 9.80. The smallest absolute Gasteiger partial charge is 0.253 e. The Hall–Kier alpha value is -3.30. The van der Waals surface area contributed by atoms with Crippen LogP contribution in [0.15, 0.2) is 49.1 Å². The summed E-state index contributed by atoms with van der Waals surface area (Å²) in [6, 6.07) is 9.98. The van der Waals surface area contributed by atoms with Crippen molar-refractivity contribution in [2.24, 2.45) is 0 Å². The van der Waals surface area contributed by atoms with Crippen molar-refractivity contribution < 1.29 is 4.79 Å². The number of hydrogen-bond acceptors (Lipinski definition) is 6. The Morgan fingerprint density at radius 1 is 1.10 bits per heavy atom. The molecule has 0 aromatic carbocycles. The zero-order chi connectivity index (χ0) is 21.5. The Bertz CT molecular complexity index is 1380. The van der Waals surface area contributed by atoms with Crippen molar-refractivity contribution in [1.29, 1.82) is 0 Å². The molecule has 1 atom stereocenters. The maximum atomic E-state index is 13.2. The highest BCUT2D eigenvalue weighted by molar-refractivity contribution is 7.15. The standard InChI is InChI=1S/C22H20N6OS2/c1-12-4-6-18(30-12)16-8-15(22(29)26-14(3)20-24-11-25-27-20)10-28-17(9-23-21(16)28)19-7-5-13(2)31-19/h4-11,14H,1-3H3,(H,26,29)(H,24,25,27)/t14-/m0/s1. The lowest BCUT2D eigenvalue weighted by Crippen LogP contribution is -2.27. The number of nitrogens with zero attached hydrogens (tertiary/aromatic N) is 4. The number of aromatic nitrogens is 5. The van der Waals surface area contributed by atoms with E-state index in [1.807, 2.05) is 29.8 Å². The first kappa shape index (κ1) is 19.7. The van der Waals surface area contributed by atoms with Crippen molar-refractivity contribution in [3.8, 4) is 21.0 Å². The van der Waals surface area contributed by atoms with Gasteiger partial charge in [0, 0.05) is 26.4 Å². The van der Waals surface area contributed by atoms with E-state index in [4.69, 9.17) is 4.98 Å². The summed E-state index contributed by atoms with van der Waals surface area (Å²) in [7, 11) is 0. The number of thiophene rings is 2. The number of fused-ring (bicyclic) bond motifs is 1. The van der Waals surface area contributed by atoms with Crippen molar-refractivity contribution in [2.45, 2.75) is 26.8 Å². The normalized spacial score (nSPS) is 12.4. The number of rotatable bonds is 5. The van der Waals surface area contributed by atoms with Crippen molar-refractivity contribution in [2.75, 3.05) is 0 Å². The maximum Gasteiger partial charge on any atom is 0.253 e. The largest absolute Gasteiger partial charge is 0.342 e. The van der Waals surface area contributed by atoms with E-state index in [-0.39, 0.29) is 11.9 Å². The molecule has 0 aliphatic carbocycles. The number of imidazole rings is 1. The Morgan fingerprint density at radius 2 is 1.84 bits per heavy atom. The maximum absolute atomic E-state index is 13.2. The summed E-state index contributed by atoms with van der Waals surface area (Å²) >= 11 is 3.40. The van der Waals surface area contributed by atoms with Crippen LogP contribution in [0.1, 0.15) is 38.9 Å². The number of amides is 1.